The summed E-state index contributed by atoms with van der Waals surface area (Å²) in [5.41, 5.74) is 0.888. The fourth-order valence-corrected chi connectivity index (χ4v) is 3.05. The van der Waals surface area contributed by atoms with Crippen molar-refractivity contribution in [3.8, 4) is 0 Å². The molecule has 0 fully saturated rings. The molecule has 0 bridgehead atoms. The Labute approximate surface area is 140 Å². The average molecular weight is 325 g/mol. The molecule has 124 valence electrons. The van der Waals surface area contributed by atoms with Crippen molar-refractivity contribution >= 4 is 11.9 Å². The number of benzene rings is 1. The molecule has 0 saturated carbocycles. The predicted molar refractivity (Wildman–Crippen MR) is 88.1 cm³/mol. The van der Waals surface area contributed by atoms with E-state index >= 15 is 0 Å². The molecule has 0 aliphatic heterocycles. The second-order valence-electron chi connectivity index (χ2n) is 5.86. The fourth-order valence-electron chi connectivity index (χ4n) is 3.05. The van der Waals surface area contributed by atoms with Crippen LogP contribution in [0.2, 0.25) is 0 Å². The van der Waals surface area contributed by atoms with Crippen molar-refractivity contribution in [2.24, 2.45) is 11.8 Å². The summed E-state index contributed by atoms with van der Waals surface area (Å²) < 4.78 is 5.47. The van der Waals surface area contributed by atoms with Gasteiger partial charge in [0.1, 0.15) is 11.8 Å². The highest BCUT2D eigenvalue weighted by Gasteiger charge is 2.35. The summed E-state index contributed by atoms with van der Waals surface area (Å²) in [7, 11) is 0. The monoisotopic (exact) mass is 325 g/mol. The standard InChI is InChI=1S/C19H19NO4/c21-18(14-9-4-5-10-15(14)19(22)23)20-17(16-11-6-12-24-16)13-7-2-1-3-8-13/h1-8,11-12,14-15,17H,9-10H2,(H,20,21)(H,22,23)/t14-,15-,17+/m1/s1. The predicted octanol–water partition coefficient (Wildman–Crippen LogP) is 3.15. The van der Waals surface area contributed by atoms with E-state index in [1.165, 1.54) is 0 Å². The highest BCUT2D eigenvalue weighted by Crippen LogP contribution is 2.28. The Bertz CT molecular complexity index is 721. The largest absolute Gasteiger partial charge is 0.481 e. The molecule has 1 aliphatic rings. The van der Waals surface area contributed by atoms with Gasteiger partial charge in [0, 0.05) is 0 Å². The van der Waals surface area contributed by atoms with Gasteiger partial charge in [-0.1, -0.05) is 42.5 Å². The normalized spacial score (nSPS) is 21.2. The van der Waals surface area contributed by atoms with Crippen molar-refractivity contribution in [1.82, 2.24) is 5.32 Å². The second kappa shape index (κ2) is 7.17. The molecule has 0 spiro atoms. The van der Waals surface area contributed by atoms with Crippen molar-refractivity contribution < 1.29 is 19.1 Å². The van der Waals surface area contributed by atoms with Crippen molar-refractivity contribution in [2.45, 2.75) is 18.9 Å². The van der Waals surface area contributed by atoms with Crippen LogP contribution in [0.1, 0.15) is 30.2 Å². The van der Waals surface area contributed by atoms with Gasteiger partial charge in [-0.15, -0.1) is 0 Å². The van der Waals surface area contributed by atoms with Crippen LogP contribution in [0.3, 0.4) is 0 Å². The Balaban J connectivity index is 1.84. The molecule has 1 heterocycles. The first-order valence-electron chi connectivity index (χ1n) is 7.93. The summed E-state index contributed by atoms with van der Waals surface area (Å²) in [5, 5.41) is 12.3. The van der Waals surface area contributed by atoms with Crippen LogP contribution >= 0.6 is 0 Å². The molecule has 2 aromatic rings. The number of carbonyl (C=O) groups is 2. The fraction of sp³-hybridized carbons (Fsp3) is 0.263. The van der Waals surface area contributed by atoms with Gasteiger partial charge in [0.05, 0.1) is 18.1 Å². The molecule has 0 unspecified atom stereocenters. The molecular weight excluding hydrogens is 306 g/mol. The van der Waals surface area contributed by atoms with E-state index in [-0.39, 0.29) is 5.91 Å². The number of nitrogens with one attached hydrogen (secondary N) is 1. The molecule has 0 saturated heterocycles. The Morgan fingerprint density at radius 1 is 1.04 bits per heavy atom. The molecule has 3 rings (SSSR count). The quantitative estimate of drug-likeness (QED) is 0.828. The number of rotatable bonds is 5. The van der Waals surface area contributed by atoms with Crippen LogP contribution in [0.15, 0.2) is 65.3 Å². The zero-order chi connectivity index (χ0) is 16.9. The van der Waals surface area contributed by atoms with Crippen LogP contribution in [0.25, 0.3) is 0 Å². The van der Waals surface area contributed by atoms with Gasteiger partial charge in [0.15, 0.2) is 0 Å². The maximum absolute atomic E-state index is 12.7. The zero-order valence-electron chi connectivity index (χ0n) is 13.1. The molecule has 1 aromatic heterocycles. The van der Waals surface area contributed by atoms with Crippen molar-refractivity contribution in [1.29, 1.82) is 0 Å². The Morgan fingerprint density at radius 2 is 1.75 bits per heavy atom. The van der Waals surface area contributed by atoms with Gasteiger partial charge in [-0.3, -0.25) is 9.59 Å². The van der Waals surface area contributed by atoms with Crippen LogP contribution < -0.4 is 5.32 Å². The van der Waals surface area contributed by atoms with Gasteiger partial charge in [-0.05, 0) is 30.5 Å². The molecular formula is C19H19NO4. The number of aliphatic carboxylic acids is 1. The Morgan fingerprint density at radius 3 is 2.38 bits per heavy atom. The number of allylic oxidation sites excluding steroid dienone is 2. The third kappa shape index (κ3) is 3.40. The maximum Gasteiger partial charge on any atom is 0.307 e. The number of carboxylic acid groups (broad SMARTS) is 1. The summed E-state index contributed by atoms with van der Waals surface area (Å²) in [5.74, 6) is -1.85. The maximum atomic E-state index is 12.7. The molecule has 5 heteroatoms. The zero-order valence-corrected chi connectivity index (χ0v) is 13.1. The topological polar surface area (TPSA) is 79.5 Å². The van der Waals surface area contributed by atoms with Gasteiger partial charge < -0.3 is 14.8 Å². The summed E-state index contributed by atoms with van der Waals surface area (Å²) in [4.78, 5) is 24.2. The molecule has 5 nitrogen and oxygen atoms in total. The Hall–Kier alpha value is -2.82. The van der Waals surface area contributed by atoms with Crippen LogP contribution in [0.5, 0.6) is 0 Å². The first kappa shape index (κ1) is 16.1. The summed E-state index contributed by atoms with van der Waals surface area (Å²) in [6, 6.07) is 12.6. The Kier molecular flexibility index (Phi) is 4.79. The number of furan rings is 1. The third-order valence-corrected chi connectivity index (χ3v) is 4.33. The summed E-state index contributed by atoms with van der Waals surface area (Å²) >= 11 is 0. The minimum atomic E-state index is -0.936. The van der Waals surface area contributed by atoms with E-state index < -0.39 is 23.8 Å². The lowest BCUT2D eigenvalue weighted by Crippen LogP contribution is -2.40. The van der Waals surface area contributed by atoms with Gasteiger partial charge >= 0.3 is 5.97 Å². The molecule has 1 aromatic carbocycles. The smallest absolute Gasteiger partial charge is 0.307 e. The lowest BCUT2D eigenvalue weighted by Gasteiger charge is -2.26. The lowest BCUT2D eigenvalue weighted by atomic mass is 9.82. The molecule has 1 aliphatic carbocycles. The molecule has 2 N–H and O–H groups in total. The van der Waals surface area contributed by atoms with Crippen LogP contribution in [0.4, 0.5) is 0 Å². The molecule has 0 radical (unpaired) electrons. The number of carbonyl (C=O) groups excluding carboxylic acids is 1. The number of hydrogen-bond acceptors (Lipinski definition) is 3. The van der Waals surface area contributed by atoms with E-state index in [0.29, 0.717) is 18.6 Å². The highest BCUT2D eigenvalue weighted by molar-refractivity contribution is 5.85. The highest BCUT2D eigenvalue weighted by atomic mass is 16.4. The van der Waals surface area contributed by atoms with E-state index in [9.17, 15) is 14.7 Å². The van der Waals surface area contributed by atoms with Crippen LogP contribution in [0, 0.1) is 11.8 Å². The van der Waals surface area contributed by atoms with Crippen LogP contribution in [-0.4, -0.2) is 17.0 Å². The van der Waals surface area contributed by atoms with Crippen molar-refractivity contribution in [2.75, 3.05) is 0 Å². The van der Waals surface area contributed by atoms with E-state index in [1.54, 1.807) is 18.4 Å². The van der Waals surface area contributed by atoms with E-state index in [1.807, 2.05) is 42.5 Å². The van der Waals surface area contributed by atoms with Crippen molar-refractivity contribution in [3.05, 3.63) is 72.2 Å². The minimum absolute atomic E-state index is 0.267. The third-order valence-electron chi connectivity index (χ3n) is 4.33. The van der Waals surface area contributed by atoms with E-state index in [2.05, 4.69) is 5.32 Å². The van der Waals surface area contributed by atoms with Gasteiger partial charge in [0.2, 0.25) is 5.91 Å². The first-order valence-corrected chi connectivity index (χ1v) is 7.93. The van der Waals surface area contributed by atoms with Gasteiger partial charge in [0.25, 0.3) is 0 Å². The van der Waals surface area contributed by atoms with Crippen molar-refractivity contribution in [3.63, 3.8) is 0 Å². The van der Waals surface area contributed by atoms with Crippen LogP contribution in [-0.2, 0) is 9.59 Å². The minimum Gasteiger partial charge on any atom is -0.481 e. The average Bonchev–Trinajstić information content (AvgIpc) is 3.14. The SMILES string of the molecule is O=C(O)[C@@H]1CC=CC[C@H]1C(=O)N[C@@H](c1ccccc1)c1ccco1. The number of carboxylic acids is 1. The molecule has 1 amide bonds. The lowest BCUT2D eigenvalue weighted by molar-refractivity contribution is -0.147. The summed E-state index contributed by atoms with van der Waals surface area (Å²) in [6.45, 7) is 0. The van der Waals surface area contributed by atoms with E-state index in [0.717, 1.165) is 5.56 Å². The molecule has 3 atom stereocenters. The van der Waals surface area contributed by atoms with E-state index in [4.69, 9.17) is 4.42 Å². The summed E-state index contributed by atoms with van der Waals surface area (Å²) in [6.07, 6.45) is 6.06. The number of hydrogen-bond donors (Lipinski definition) is 2. The first-order chi connectivity index (χ1) is 11.7. The second-order valence-corrected chi connectivity index (χ2v) is 5.86. The molecule has 24 heavy (non-hydrogen) atoms. The number of amides is 1. The van der Waals surface area contributed by atoms with Gasteiger partial charge in [-0.25, -0.2) is 0 Å². The van der Waals surface area contributed by atoms with Gasteiger partial charge in [-0.2, -0.15) is 0 Å².